The molecule has 0 saturated carbocycles. The van der Waals surface area contributed by atoms with Gasteiger partial charge in [-0.2, -0.15) is 0 Å². The van der Waals surface area contributed by atoms with Crippen LogP contribution in [0.1, 0.15) is 85.0 Å². The molecule has 3 rings (SSSR count). The third-order valence-electron chi connectivity index (χ3n) is 6.63. The van der Waals surface area contributed by atoms with Crippen molar-refractivity contribution in [2.75, 3.05) is 13.2 Å². The van der Waals surface area contributed by atoms with Crippen molar-refractivity contribution in [3.63, 3.8) is 0 Å². The van der Waals surface area contributed by atoms with Gasteiger partial charge in [-0.25, -0.2) is 14.8 Å². The number of benzene rings is 2. The molecule has 1 aromatic heterocycles. The van der Waals surface area contributed by atoms with Crippen LogP contribution in [0.5, 0.6) is 11.5 Å². The molecule has 0 fully saturated rings. The third kappa shape index (κ3) is 10.1. The summed E-state index contributed by atoms with van der Waals surface area (Å²) in [5, 5.41) is 0. The molecular weight excluding hydrogens is 488 g/mol. The lowest BCUT2D eigenvalue weighted by atomic mass is 9.98. The van der Waals surface area contributed by atoms with E-state index in [0.717, 1.165) is 54.5 Å². The summed E-state index contributed by atoms with van der Waals surface area (Å²) in [6.07, 6.45) is 14.0. The predicted molar refractivity (Wildman–Crippen MR) is 157 cm³/mol. The number of ether oxygens (including phenoxy) is 3. The molecule has 6 heteroatoms. The molecule has 0 spiro atoms. The van der Waals surface area contributed by atoms with Gasteiger partial charge in [-0.05, 0) is 37.0 Å². The summed E-state index contributed by atoms with van der Waals surface area (Å²) < 4.78 is 17.4. The van der Waals surface area contributed by atoms with Gasteiger partial charge in [-0.1, -0.05) is 108 Å². The van der Waals surface area contributed by atoms with Crippen LogP contribution in [-0.4, -0.2) is 35.3 Å². The lowest BCUT2D eigenvalue weighted by Gasteiger charge is -2.16. The van der Waals surface area contributed by atoms with Gasteiger partial charge in [0, 0.05) is 6.61 Å². The van der Waals surface area contributed by atoms with Gasteiger partial charge < -0.3 is 14.2 Å². The van der Waals surface area contributed by atoms with E-state index in [0.29, 0.717) is 19.0 Å². The Morgan fingerprint density at radius 1 is 0.769 bits per heavy atom. The Balaban J connectivity index is 1.70. The zero-order valence-electron chi connectivity index (χ0n) is 23.9. The smallest absolute Gasteiger partial charge is 0.340 e. The van der Waals surface area contributed by atoms with Crippen LogP contribution < -0.4 is 9.47 Å². The van der Waals surface area contributed by atoms with E-state index < -0.39 is 12.1 Å². The van der Waals surface area contributed by atoms with E-state index in [1.807, 2.05) is 30.3 Å². The highest BCUT2D eigenvalue weighted by Gasteiger charge is 2.19. The van der Waals surface area contributed by atoms with Crippen LogP contribution in [0, 0.1) is 0 Å². The Bertz CT molecular complexity index is 1100. The van der Waals surface area contributed by atoms with E-state index in [1.165, 1.54) is 44.5 Å². The van der Waals surface area contributed by atoms with Crippen molar-refractivity contribution in [3.8, 4) is 34.0 Å². The molecule has 2 aromatic carbocycles. The van der Waals surface area contributed by atoms with Crippen LogP contribution in [-0.2, 0) is 9.53 Å². The second kappa shape index (κ2) is 17.4. The summed E-state index contributed by atoms with van der Waals surface area (Å²) in [7, 11) is 0. The van der Waals surface area contributed by atoms with Gasteiger partial charge in [0.25, 0.3) is 0 Å². The Kier molecular flexibility index (Phi) is 13.5. The first-order valence-electron chi connectivity index (χ1n) is 14.6. The Hall–Kier alpha value is -3.25. The molecule has 1 atom stereocenters. The molecule has 0 aliphatic rings. The van der Waals surface area contributed by atoms with Crippen molar-refractivity contribution >= 4 is 5.97 Å². The largest absolute Gasteiger partial charge is 0.493 e. The Morgan fingerprint density at radius 3 is 2.13 bits per heavy atom. The molecule has 0 radical (unpaired) electrons. The van der Waals surface area contributed by atoms with Crippen molar-refractivity contribution in [3.05, 3.63) is 60.9 Å². The van der Waals surface area contributed by atoms with Crippen molar-refractivity contribution in [2.24, 2.45) is 0 Å². The Morgan fingerprint density at radius 2 is 1.41 bits per heavy atom. The molecule has 0 bridgehead atoms. The average molecular weight is 533 g/mol. The molecule has 3 aromatic rings. The molecule has 1 heterocycles. The zero-order valence-corrected chi connectivity index (χ0v) is 23.9. The monoisotopic (exact) mass is 532 g/mol. The van der Waals surface area contributed by atoms with Crippen molar-refractivity contribution in [2.45, 2.75) is 91.1 Å². The standard InChI is InChI=1S/C33H44N2O4/c1-4-6-8-10-11-16-23-38-30-21-17-20-29(27-18-13-12-14-19-27)31(30)32-34-24-28(25-35-32)39-33(36)26(3)37-22-15-9-7-5-2/h12-14,17-21,24-26H,4-11,15-16,22-23H2,1-3H3/t26-/m1/s1. The minimum absolute atomic E-state index is 0.289. The highest BCUT2D eigenvalue weighted by atomic mass is 16.6. The van der Waals surface area contributed by atoms with Gasteiger partial charge in [-0.3, -0.25) is 0 Å². The maximum atomic E-state index is 12.5. The lowest BCUT2D eigenvalue weighted by molar-refractivity contribution is -0.146. The number of carbonyl (C=O) groups is 1. The molecular formula is C33H44N2O4. The highest BCUT2D eigenvalue weighted by Crippen LogP contribution is 2.38. The van der Waals surface area contributed by atoms with Gasteiger partial charge in [0.2, 0.25) is 0 Å². The number of hydrogen-bond donors (Lipinski definition) is 0. The second-order valence-electron chi connectivity index (χ2n) is 9.90. The van der Waals surface area contributed by atoms with Crippen molar-refractivity contribution in [1.82, 2.24) is 9.97 Å². The van der Waals surface area contributed by atoms with E-state index in [2.05, 4.69) is 42.0 Å². The zero-order chi connectivity index (χ0) is 27.7. The lowest BCUT2D eigenvalue weighted by Crippen LogP contribution is -2.26. The summed E-state index contributed by atoms with van der Waals surface area (Å²) in [5.74, 6) is 1.11. The number of aromatic nitrogens is 2. The minimum atomic E-state index is -0.646. The molecule has 210 valence electrons. The van der Waals surface area contributed by atoms with Crippen LogP contribution in [0.25, 0.3) is 22.5 Å². The fourth-order valence-electron chi connectivity index (χ4n) is 4.36. The van der Waals surface area contributed by atoms with Crippen molar-refractivity contribution < 1.29 is 19.0 Å². The number of esters is 1. The van der Waals surface area contributed by atoms with Crippen molar-refractivity contribution in [1.29, 1.82) is 0 Å². The summed E-state index contributed by atoms with van der Waals surface area (Å²) in [5.41, 5.74) is 2.88. The van der Waals surface area contributed by atoms with Gasteiger partial charge in [-0.15, -0.1) is 0 Å². The third-order valence-corrected chi connectivity index (χ3v) is 6.63. The van der Waals surface area contributed by atoms with E-state index in [4.69, 9.17) is 14.2 Å². The van der Waals surface area contributed by atoms with E-state index in [9.17, 15) is 4.79 Å². The number of nitrogens with zero attached hydrogens (tertiary/aromatic N) is 2. The molecule has 0 amide bonds. The topological polar surface area (TPSA) is 70.5 Å². The van der Waals surface area contributed by atoms with E-state index in [-0.39, 0.29) is 5.75 Å². The summed E-state index contributed by atoms with van der Waals surface area (Å²) in [6, 6.07) is 16.2. The molecule has 0 aliphatic carbocycles. The molecule has 0 unspecified atom stereocenters. The van der Waals surface area contributed by atoms with Gasteiger partial charge >= 0.3 is 5.97 Å². The second-order valence-corrected chi connectivity index (χ2v) is 9.90. The van der Waals surface area contributed by atoms with Gasteiger partial charge in [0.05, 0.1) is 24.6 Å². The molecule has 6 nitrogen and oxygen atoms in total. The summed E-state index contributed by atoms with van der Waals surface area (Å²) in [4.78, 5) is 21.6. The van der Waals surface area contributed by atoms with Crippen LogP contribution in [0.4, 0.5) is 0 Å². The summed E-state index contributed by atoms with van der Waals surface area (Å²) >= 11 is 0. The fourth-order valence-corrected chi connectivity index (χ4v) is 4.36. The van der Waals surface area contributed by atoms with Gasteiger partial charge in [0.15, 0.2) is 17.7 Å². The van der Waals surface area contributed by atoms with E-state index in [1.54, 1.807) is 6.92 Å². The first kappa shape index (κ1) is 30.3. The molecule has 0 saturated heterocycles. The predicted octanol–water partition coefficient (Wildman–Crippen LogP) is 8.44. The number of unbranched alkanes of at least 4 members (excludes halogenated alkanes) is 8. The summed E-state index contributed by atoms with van der Waals surface area (Å²) in [6.45, 7) is 7.29. The SMILES string of the molecule is CCCCCCCCOc1cccc(-c2ccccc2)c1-c1ncc(OC(=O)[C@@H](C)OCCCCCC)cn1. The first-order valence-corrected chi connectivity index (χ1v) is 14.6. The van der Waals surface area contributed by atoms with Crippen LogP contribution in [0.15, 0.2) is 60.9 Å². The van der Waals surface area contributed by atoms with E-state index >= 15 is 0 Å². The maximum Gasteiger partial charge on any atom is 0.340 e. The number of carbonyl (C=O) groups excluding carboxylic acids is 1. The molecule has 0 N–H and O–H groups in total. The number of hydrogen-bond acceptors (Lipinski definition) is 6. The molecule has 39 heavy (non-hydrogen) atoms. The average Bonchev–Trinajstić information content (AvgIpc) is 2.97. The Labute approximate surface area is 234 Å². The minimum Gasteiger partial charge on any atom is -0.493 e. The quantitative estimate of drug-likeness (QED) is 0.121. The van der Waals surface area contributed by atoms with Gasteiger partial charge in [0.1, 0.15) is 5.75 Å². The number of rotatable bonds is 18. The van der Waals surface area contributed by atoms with Crippen LogP contribution in [0.2, 0.25) is 0 Å². The van der Waals surface area contributed by atoms with Crippen LogP contribution >= 0.6 is 0 Å². The van der Waals surface area contributed by atoms with Crippen LogP contribution in [0.3, 0.4) is 0 Å². The highest BCUT2D eigenvalue weighted by molar-refractivity contribution is 5.85. The molecule has 0 aliphatic heterocycles. The maximum absolute atomic E-state index is 12.5. The first-order chi connectivity index (χ1) is 19.1. The normalized spacial score (nSPS) is 11.8. The fraction of sp³-hybridized carbons (Fsp3) is 0.485.